The van der Waals surface area contributed by atoms with E-state index in [-0.39, 0.29) is 94.7 Å². The Morgan fingerprint density at radius 1 is 1.38 bits per heavy atom. The molecular formula is C8H11Ac2N2O-. The largest absolute Gasteiger partial charge is 0.698 e. The van der Waals surface area contributed by atoms with Gasteiger partial charge in [0.2, 0.25) is 0 Å². The van der Waals surface area contributed by atoms with Crippen molar-refractivity contribution in [3.05, 3.63) is 29.0 Å². The topological polar surface area (TPSA) is 70.0 Å². The van der Waals surface area contributed by atoms with Crippen LogP contribution < -0.4 is 5.73 Å². The summed E-state index contributed by atoms with van der Waals surface area (Å²) in [6.45, 7) is 1.72. The molecule has 0 saturated carbocycles. The van der Waals surface area contributed by atoms with Crippen LogP contribution in [0.2, 0.25) is 0 Å². The average Bonchev–Trinajstić information content (AvgIpc) is 1.97. The SMILES string of the molecule is Cc1cc([NH-])c(CO)cc1N.[Ac].[Ac]. The maximum atomic E-state index is 8.76. The zero-order chi connectivity index (χ0) is 8.43. The average molecular weight is 605 g/mol. The first-order valence-corrected chi connectivity index (χ1v) is 3.36. The molecule has 0 atom stereocenters. The normalized spacial score (nSPS) is 8.46. The van der Waals surface area contributed by atoms with E-state index in [1.807, 2.05) is 6.92 Å². The summed E-state index contributed by atoms with van der Waals surface area (Å²) < 4.78 is 0. The molecule has 4 N–H and O–H groups in total. The summed E-state index contributed by atoms with van der Waals surface area (Å²) >= 11 is 0. The Morgan fingerprint density at radius 2 is 1.92 bits per heavy atom. The molecule has 0 saturated heterocycles. The predicted molar refractivity (Wildman–Crippen MR) is 45.5 cm³/mol. The van der Waals surface area contributed by atoms with Crippen LogP contribution in [0, 0.1) is 95.0 Å². The van der Waals surface area contributed by atoms with Crippen molar-refractivity contribution in [1.29, 1.82) is 0 Å². The van der Waals surface area contributed by atoms with E-state index >= 15 is 0 Å². The van der Waals surface area contributed by atoms with Crippen LogP contribution in [0.25, 0.3) is 5.73 Å². The Morgan fingerprint density at radius 3 is 2.38 bits per heavy atom. The van der Waals surface area contributed by atoms with Gasteiger partial charge >= 0.3 is 0 Å². The molecule has 1 rings (SSSR count). The standard InChI is InChI=1S/C8H11N2O.2Ac/c1-5-2-8(10)6(4-11)3-7(5)9;;/h2-3,10-11H,4,9H2,1H3;;/q-1;;. The smallest absolute Gasteiger partial charge is 0.0670 e. The van der Waals surface area contributed by atoms with Gasteiger partial charge in [0.25, 0.3) is 0 Å². The van der Waals surface area contributed by atoms with Crippen molar-refractivity contribution in [3.8, 4) is 0 Å². The molecule has 0 aliphatic rings. The summed E-state index contributed by atoms with van der Waals surface area (Å²) in [6, 6.07) is 3.29. The number of anilines is 1. The fraction of sp³-hybridized carbons (Fsp3) is 0.250. The van der Waals surface area contributed by atoms with E-state index in [4.69, 9.17) is 16.6 Å². The van der Waals surface area contributed by atoms with Crippen molar-refractivity contribution in [2.24, 2.45) is 0 Å². The Kier molecular flexibility index (Phi) is 10.4. The summed E-state index contributed by atoms with van der Waals surface area (Å²) in [7, 11) is 0. The van der Waals surface area contributed by atoms with Gasteiger partial charge in [0, 0.05) is 93.8 Å². The molecule has 0 fully saturated rings. The summed E-state index contributed by atoms with van der Waals surface area (Å²) in [5.74, 6) is 0. The van der Waals surface area contributed by atoms with Gasteiger partial charge in [-0.3, -0.25) is 0 Å². The van der Waals surface area contributed by atoms with Crippen LogP contribution in [0.3, 0.4) is 0 Å². The van der Waals surface area contributed by atoms with E-state index < -0.39 is 0 Å². The molecule has 66 valence electrons. The van der Waals surface area contributed by atoms with E-state index in [0.29, 0.717) is 16.9 Å². The number of nitrogens with one attached hydrogen (secondary N) is 1. The van der Waals surface area contributed by atoms with Gasteiger partial charge in [-0.2, -0.15) is 0 Å². The molecule has 0 aromatic heterocycles. The van der Waals surface area contributed by atoms with E-state index in [9.17, 15) is 0 Å². The quantitative estimate of drug-likeness (QED) is 0.480. The molecule has 1 aromatic carbocycles. The van der Waals surface area contributed by atoms with Gasteiger partial charge in [0.05, 0.1) is 6.61 Å². The maximum Gasteiger partial charge on any atom is 0.0670 e. The van der Waals surface area contributed by atoms with E-state index in [1.54, 1.807) is 12.1 Å². The fourth-order valence-electron chi connectivity index (χ4n) is 0.903. The van der Waals surface area contributed by atoms with E-state index in [2.05, 4.69) is 0 Å². The zero-order valence-electron chi connectivity index (χ0n) is 7.54. The summed E-state index contributed by atoms with van der Waals surface area (Å²) in [5, 5.41) is 8.76. The Bertz CT molecular complexity index is 279. The Hall–Kier alpha value is 1.66. The minimum Gasteiger partial charge on any atom is -0.698 e. The predicted octanol–water partition coefficient (Wildman–Crippen LogP) is 1.75. The number of nitrogen functional groups attached to an aromatic ring is 1. The number of aliphatic hydroxyl groups excluding tert-OH is 1. The molecule has 13 heavy (non-hydrogen) atoms. The van der Waals surface area contributed by atoms with Crippen LogP contribution >= 0.6 is 0 Å². The van der Waals surface area contributed by atoms with Gasteiger partial charge in [0.15, 0.2) is 0 Å². The van der Waals surface area contributed by atoms with Gasteiger partial charge < -0.3 is 16.6 Å². The number of aliphatic hydroxyl groups is 1. The molecule has 1 aromatic rings. The maximum absolute atomic E-state index is 8.76. The number of nitrogens with two attached hydrogens (primary N) is 1. The number of hydrogen-bond acceptors (Lipinski definition) is 2. The molecule has 0 spiro atoms. The van der Waals surface area contributed by atoms with Gasteiger partial charge in [0.1, 0.15) is 0 Å². The summed E-state index contributed by atoms with van der Waals surface area (Å²) in [4.78, 5) is 0. The van der Waals surface area contributed by atoms with Crippen molar-refractivity contribution in [2.45, 2.75) is 13.5 Å². The molecular weight excluding hydrogens is 594 g/mol. The van der Waals surface area contributed by atoms with Crippen LogP contribution in [0.5, 0.6) is 0 Å². The first-order valence-electron chi connectivity index (χ1n) is 3.36. The first-order chi connectivity index (χ1) is 5.15. The molecule has 3 nitrogen and oxygen atoms in total. The number of rotatable bonds is 1. The van der Waals surface area contributed by atoms with Crippen LogP contribution in [0.15, 0.2) is 12.1 Å². The van der Waals surface area contributed by atoms with Crippen molar-refractivity contribution < 1.29 is 93.2 Å². The minimum absolute atomic E-state index is 0. The molecule has 5 heteroatoms. The Balaban J connectivity index is 0. The number of aryl methyl sites for hydroxylation is 1. The van der Waals surface area contributed by atoms with Crippen LogP contribution in [0.1, 0.15) is 11.1 Å². The van der Waals surface area contributed by atoms with Gasteiger partial charge in [-0.15, -0.1) is 5.69 Å². The van der Waals surface area contributed by atoms with Crippen molar-refractivity contribution in [1.82, 2.24) is 0 Å². The third-order valence-electron chi connectivity index (χ3n) is 1.66. The second-order valence-corrected chi connectivity index (χ2v) is 2.52. The fourth-order valence-corrected chi connectivity index (χ4v) is 0.903. The van der Waals surface area contributed by atoms with E-state index in [1.165, 1.54) is 0 Å². The Labute approximate surface area is 150 Å². The first kappa shape index (κ1) is 17.1. The van der Waals surface area contributed by atoms with Crippen LogP contribution in [-0.4, -0.2) is 5.11 Å². The minimum atomic E-state index is -0.122. The third kappa shape index (κ3) is 4.81. The zero-order valence-corrected chi connectivity index (χ0v) is 17.0. The number of hydrogen-bond donors (Lipinski definition) is 2. The second-order valence-electron chi connectivity index (χ2n) is 2.52. The van der Waals surface area contributed by atoms with Crippen molar-refractivity contribution >= 4 is 11.4 Å². The van der Waals surface area contributed by atoms with Gasteiger partial charge in [-0.05, 0) is 24.1 Å². The molecule has 0 unspecified atom stereocenters. The van der Waals surface area contributed by atoms with Gasteiger partial charge in [-0.25, -0.2) is 0 Å². The molecule has 0 aliphatic carbocycles. The molecule has 0 amide bonds. The van der Waals surface area contributed by atoms with Crippen molar-refractivity contribution in [2.75, 3.05) is 5.73 Å². The van der Waals surface area contributed by atoms with Crippen LogP contribution in [0.4, 0.5) is 11.4 Å². The van der Waals surface area contributed by atoms with Gasteiger partial charge in [-0.1, -0.05) is 6.07 Å². The third-order valence-corrected chi connectivity index (χ3v) is 1.66. The number of benzene rings is 1. The van der Waals surface area contributed by atoms with E-state index in [0.717, 1.165) is 5.56 Å². The monoisotopic (exact) mass is 605 g/mol. The molecule has 0 aliphatic heterocycles. The second kappa shape index (κ2) is 7.89. The van der Waals surface area contributed by atoms with Crippen molar-refractivity contribution in [3.63, 3.8) is 0 Å². The molecule has 2 radical (unpaired) electrons. The summed E-state index contributed by atoms with van der Waals surface area (Å²) in [6.07, 6.45) is 0. The molecule has 0 heterocycles. The molecule has 0 bridgehead atoms. The summed E-state index contributed by atoms with van der Waals surface area (Å²) in [5.41, 5.74) is 15.4. The van der Waals surface area contributed by atoms with Crippen LogP contribution in [-0.2, 0) is 6.61 Å².